The molecule has 1 aliphatic heterocycles. The third-order valence-corrected chi connectivity index (χ3v) is 4.61. The van der Waals surface area contributed by atoms with Crippen molar-refractivity contribution < 1.29 is 14.8 Å². The van der Waals surface area contributed by atoms with Crippen molar-refractivity contribution in [2.24, 2.45) is 0 Å². The number of thiocarbonyl (C=S) groups is 1. The molecule has 0 atom stereocenters. The molecule has 1 saturated heterocycles. The first-order valence-electron chi connectivity index (χ1n) is 5.17. The monoisotopic (exact) mass is 373 g/mol. The van der Waals surface area contributed by atoms with E-state index in [4.69, 9.17) is 12.2 Å². The third-order valence-electron chi connectivity index (χ3n) is 2.54. The maximum atomic E-state index is 11.9. The van der Waals surface area contributed by atoms with Crippen molar-refractivity contribution in [3.63, 3.8) is 0 Å². The first-order chi connectivity index (χ1) is 9.31. The van der Waals surface area contributed by atoms with Crippen LogP contribution in [0.15, 0.2) is 21.5 Å². The summed E-state index contributed by atoms with van der Waals surface area (Å²) in [7, 11) is 1.53. The van der Waals surface area contributed by atoms with Gasteiger partial charge in [-0.1, -0.05) is 45.7 Å². The van der Waals surface area contributed by atoms with Crippen LogP contribution in [-0.4, -0.2) is 27.1 Å². The average Bonchev–Trinajstić information content (AvgIpc) is 2.62. The van der Waals surface area contributed by atoms with Crippen LogP contribution in [0.4, 0.5) is 5.69 Å². The number of carbonyl (C=O) groups is 1. The SMILES string of the molecule is CN1C(=O)/C(=C/c2cc([N+](=O)[O-])cc(Br)c2[O-])SC1=S. The van der Waals surface area contributed by atoms with Gasteiger partial charge in [-0.2, -0.15) is 0 Å². The lowest BCUT2D eigenvalue weighted by Crippen LogP contribution is -2.22. The summed E-state index contributed by atoms with van der Waals surface area (Å²) in [5, 5.41) is 22.7. The zero-order valence-corrected chi connectivity index (χ0v) is 13.2. The van der Waals surface area contributed by atoms with Gasteiger partial charge in [0.05, 0.1) is 9.83 Å². The van der Waals surface area contributed by atoms with E-state index in [0.29, 0.717) is 4.32 Å². The number of hydrogen-bond donors (Lipinski definition) is 0. The highest BCUT2D eigenvalue weighted by molar-refractivity contribution is 9.10. The van der Waals surface area contributed by atoms with Crippen molar-refractivity contribution in [1.82, 2.24) is 4.90 Å². The van der Waals surface area contributed by atoms with Crippen LogP contribution in [0.5, 0.6) is 5.75 Å². The summed E-state index contributed by atoms with van der Waals surface area (Å²) >= 11 is 9.00. The highest BCUT2D eigenvalue weighted by Gasteiger charge is 2.28. The van der Waals surface area contributed by atoms with E-state index in [1.807, 2.05) is 0 Å². The topological polar surface area (TPSA) is 86.5 Å². The first-order valence-corrected chi connectivity index (χ1v) is 7.19. The van der Waals surface area contributed by atoms with Crippen LogP contribution >= 0.6 is 39.9 Å². The van der Waals surface area contributed by atoms with E-state index in [9.17, 15) is 20.0 Å². The van der Waals surface area contributed by atoms with E-state index in [-0.39, 0.29) is 26.5 Å². The molecule has 1 aliphatic rings. The van der Waals surface area contributed by atoms with Gasteiger partial charge in [-0.3, -0.25) is 19.8 Å². The van der Waals surface area contributed by atoms with E-state index in [1.54, 1.807) is 0 Å². The number of hydrogen-bond acceptors (Lipinski definition) is 6. The van der Waals surface area contributed by atoms with Gasteiger partial charge in [0.25, 0.3) is 11.6 Å². The zero-order chi connectivity index (χ0) is 15.0. The molecular weight excluding hydrogens is 368 g/mol. The molecule has 0 bridgehead atoms. The highest BCUT2D eigenvalue weighted by Crippen LogP contribution is 2.36. The standard InChI is InChI=1S/C11H7BrN2O4S2/c1-13-10(16)8(20-11(13)19)3-5-2-6(14(17)18)4-7(12)9(5)15/h2-4,15H,1H3/p-1/b8-3-. The molecule has 0 N–H and O–H groups in total. The van der Waals surface area contributed by atoms with Crippen LogP contribution in [-0.2, 0) is 4.79 Å². The van der Waals surface area contributed by atoms with Crippen molar-refractivity contribution in [2.45, 2.75) is 0 Å². The Hall–Kier alpha value is -1.45. The van der Waals surface area contributed by atoms with Crippen molar-refractivity contribution in [3.05, 3.63) is 37.2 Å². The molecule has 1 heterocycles. The van der Waals surface area contributed by atoms with E-state index >= 15 is 0 Å². The van der Waals surface area contributed by atoms with Gasteiger partial charge in [0.1, 0.15) is 4.32 Å². The minimum Gasteiger partial charge on any atom is -0.871 e. The third kappa shape index (κ3) is 2.69. The quantitative estimate of drug-likeness (QED) is 0.342. The smallest absolute Gasteiger partial charge is 0.271 e. The number of nitrogens with zero attached hydrogens (tertiary/aromatic N) is 2. The molecule has 0 unspecified atom stereocenters. The van der Waals surface area contributed by atoms with Crippen LogP contribution in [0.25, 0.3) is 6.08 Å². The van der Waals surface area contributed by atoms with E-state index in [1.165, 1.54) is 18.0 Å². The van der Waals surface area contributed by atoms with Gasteiger partial charge >= 0.3 is 0 Å². The number of nitro benzene ring substituents is 1. The molecule has 0 saturated carbocycles. The van der Waals surface area contributed by atoms with E-state index in [0.717, 1.165) is 23.9 Å². The summed E-state index contributed by atoms with van der Waals surface area (Å²) in [6, 6.07) is 2.26. The molecule has 0 radical (unpaired) electrons. The Labute approximate surface area is 131 Å². The number of non-ortho nitro benzene ring substituents is 1. The lowest BCUT2D eigenvalue weighted by Gasteiger charge is -2.13. The number of amides is 1. The van der Waals surface area contributed by atoms with Crippen molar-refractivity contribution in [1.29, 1.82) is 0 Å². The minimum absolute atomic E-state index is 0.0695. The summed E-state index contributed by atoms with van der Waals surface area (Å²) in [5.41, 5.74) is -0.158. The number of benzene rings is 1. The Kier molecular flexibility index (Phi) is 4.11. The fourth-order valence-electron chi connectivity index (χ4n) is 1.50. The van der Waals surface area contributed by atoms with Gasteiger partial charge in [0.15, 0.2) is 0 Å². The zero-order valence-electron chi connectivity index (χ0n) is 9.95. The number of rotatable bonds is 2. The van der Waals surface area contributed by atoms with Gasteiger partial charge in [-0.05, 0) is 11.6 Å². The molecule has 20 heavy (non-hydrogen) atoms. The molecule has 0 aliphatic carbocycles. The van der Waals surface area contributed by atoms with Crippen LogP contribution in [0.2, 0.25) is 0 Å². The average molecular weight is 374 g/mol. The van der Waals surface area contributed by atoms with Crippen LogP contribution in [0, 0.1) is 10.1 Å². The minimum atomic E-state index is -0.605. The molecule has 9 heteroatoms. The summed E-state index contributed by atoms with van der Waals surface area (Å²) in [4.78, 5) is 23.6. The summed E-state index contributed by atoms with van der Waals surface area (Å²) in [6.07, 6.45) is 1.32. The number of thioether (sulfide) groups is 1. The summed E-state index contributed by atoms with van der Waals surface area (Å²) in [6.45, 7) is 0. The first kappa shape index (κ1) is 14.9. The van der Waals surface area contributed by atoms with Crippen LogP contribution in [0.1, 0.15) is 5.56 Å². The predicted molar refractivity (Wildman–Crippen MR) is 81.2 cm³/mol. The van der Waals surface area contributed by atoms with Crippen molar-refractivity contribution in [3.8, 4) is 5.75 Å². The second-order valence-corrected chi connectivity index (χ2v) is 6.37. The Morgan fingerprint density at radius 2 is 2.15 bits per heavy atom. The Balaban J connectivity index is 2.51. The fraction of sp³-hybridized carbons (Fsp3) is 0.0909. The van der Waals surface area contributed by atoms with Gasteiger partial charge in [-0.15, -0.1) is 0 Å². The Bertz CT molecular complexity index is 675. The maximum absolute atomic E-state index is 11.9. The molecule has 2 rings (SSSR count). The molecule has 1 aromatic rings. The predicted octanol–water partition coefficient (Wildman–Crippen LogP) is 2.26. The van der Waals surface area contributed by atoms with Gasteiger partial charge in [-0.25, -0.2) is 0 Å². The van der Waals surface area contributed by atoms with E-state index < -0.39 is 10.7 Å². The molecular formula is C11H6BrN2O4S2-. The van der Waals surface area contributed by atoms with Gasteiger partial charge in [0.2, 0.25) is 0 Å². The molecule has 0 spiro atoms. The molecule has 6 nitrogen and oxygen atoms in total. The normalized spacial score (nSPS) is 17.1. The number of likely N-dealkylation sites (N-methyl/N-ethyl adjacent to an activating group) is 1. The van der Waals surface area contributed by atoms with Crippen LogP contribution < -0.4 is 5.11 Å². The second kappa shape index (κ2) is 5.51. The molecule has 0 aromatic heterocycles. The maximum Gasteiger partial charge on any atom is 0.271 e. The molecule has 1 fully saturated rings. The lowest BCUT2D eigenvalue weighted by molar-refractivity contribution is -0.385. The Morgan fingerprint density at radius 3 is 2.65 bits per heavy atom. The Morgan fingerprint density at radius 1 is 1.50 bits per heavy atom. The molecule has 1 amide bonds. The van der Waals surface area contributed by atoms with Gasteiger partial charge < -0.3 is 5.11 Å². The molecule has 104 valence electrons. The lowest BCUT2D eigenvalue weighted by atomic mass is 10.1. The van der Waals surface area contributed by atoms with Crippen molar-refractivity contribution in [2.75, 3.05) is 7.05 Å². The highest BCUT2D eigenvalue weighted by atomic mass is 79.9. The van der Waals surface area contributed by atoms with E-state index in [2.05, 4.69) is 15.9 Å². The number of halogens is 1. The number of carbonyl (C=O) groups excluding carboxylic acids is 1. The summed E-state index contributed by atoms with van der Waals surface area (Å²) < 4.78 is 0.447. The molecule has 1 aromatic carbocycles. The largest absolute Gasteiger partial charge is 0.871 e. The van der Waals surface area contributed by atoms with Gasteiger partial charge in [0, 0.05) is 23.7 Å². The van der Waals surface area contributed by atoms with Crippen molar-refractivity contribution >= 4 is 61.9 Å². The van der Waals surface area contributed by atoms with Crippen LogP contribution in [0.3, 0.4) is 0 Å². The number of nitro groups is 1. The second-order valence-electron chi connectivity index (χ2n) is 3.84. The summed E-state index contributed by atoms with van der Waals surface area (Å²) in [5.74, 6) is -0.751. The fourth-order valence-corrected chi connectivity index (χ4v) is 3.13.